The lowest BCUT2D eigenvalue weighted by molar-refractivity contribution is -0.138. The molecule has 21 heavy (non-hydrogen) atoms. The minimum Gasteiger partial charge on any atom is -0.493 e. The highest BCUT2D eigenvalue weighted by molar-refractivity contribution is 5.69. The van der Waals surface area contributed by atoms with Gasteiger partial charge in [-0.3, -0.25) is 4.79 Å². The van der Waals surface area contributed by atoms with Crippen LogP contribution < -0.4 is 9.47 Å². The van der Waals surface area contributed by atoms with E-state index in [1.54, 1.807) is 7.11 Å². The topological polar surface area (TPSA) is 65.0 Å². The maximum absolute atomic E-state index is 11.1. The minimum absolute atomic E-state index is 0.0248. The van der Waals surface area contributed by atoms with E-state index in [4.69, 9.17) is 19.3 Å². The predicted octanol–water partition coefficient (Wildman–Crippen LogP) is 2.62. The smallest absolute Gasteiger partial charge is 0.304 e. The Hall–Kier alpha value is -1.75. The van der Waals surface area contributed by atoms with Crippen LogP contribution in [-0.2, 0) is 14.9 Å². The fraction of sp³-hybridized carbons (Fsp3) is 0.562. The molecule has 1 aliphatic heterocycles. The van der Waals surface area contributed by atoms with Gasteiger partial charge in [-0.1, -0.05) is 26.0 Å². The monoisotopic (exact) mass is 294 g/mol. The fourth-order valence-electron chi connectivity index (χ4n) is 2.61. The summed E-state index contributed by atoms with van der Waals surface area (Å²) in [5.74, 6) is 0.414. The third-order valence-corrected chi connectivity index (χ3v) is 3.69. The first-order valence-corrected chi connectivity index (χ1v) is 7.07. The van der Waals surface area contributed by atoms with Crippen LogP contribution in [0.1, 0.15) is 32.3 Å². The second-order valence-corrected chi connectivity index (χ2v) is 5.89. The highest BCUT2D eigenvalue weighted by atomic mass is 16.6. The van der Waals surface area contributed by atoms with Crippen molar-refractivity contribution in [3.05, 3.63) is 23.8 Å². The average molecular weight is 294 g/mol. The molecule has 0 aromatic heterocycles. The Morgan fingerprint density at radius 3 is 2.81 bits per heavy atom. The van der Waals surface area contributed by atoms with Gasteiger partial charge in [-0.15, -0.1) is 0 Å². The van der Waals surface area contributed by atoms with Gasteiger partial charge in [0.2, 0.25) is 0 Å². The van der Waals surface area contributed by atoms with Gasteiger partial charge in [-0.25, -0.2) is 0 Å². The molecule has 1 atom stereocenters. The summed E-state index contributed by atoms with van der Waals surface area (Å²) in [7, 11) is 1.58. The lowest BCUT2D eigenvalue weighted by Gasteiger charge is -2.27. The summed E-state index contributed by atoms with van der Waals surface area (Å²) in [6, 6.07) is 5.60. The molecule has 1 N–H and O–H groups in total. The number of methoxy groups -OCH3 is 1. The van der Waals surface area contributed by atoms with Gasteiger partial charge in [0, 0.05) is 17.4 Å². The molecule has 1 unspecified atom stereocenters. The van der Waals surface area contributed by atoms with Crippen molar-refractivity contribution in [2.75, 3.05) is 20.3 Å². The Kier molecular flexibility index (Phi) is 4.73. The molecule has 0 amide bonds. The van der Waals surface area contributed by atoms with E-state index in [0.29, 0.717) is 24.7 Å². The van der Waals surface area contributed by atoms with Crippen LogP contribution in [0.25, 0.3) is 0 Å². The normalized spacial score (nSPS) is 18.5. The van der Waals surface area contributed by atoms with Gasteiger partial charge in [-0.05, 0) is 6.07 Å². The number of carbonyl (C=O) groups is 1. The van der Waals surface area contributed by atoms with Crippen LogP contribution >= 0.6 is 0 Å². The maximum Gasteiger partial charge on any atom is 0.304 e. The standard InChI is InChI=1S/C16H22O5/c1-16(2,9-14(17)18)12-5-4-6-13(15(12)19-3)21-11-7-8-20-10-11/h4-6,11H,7-10H2,1-3H3,(H,17,18). The Morgan fingerprint density at radius 2 is 2.24 bits per heavy atom. The predicted molar refractivity (Wildman–Crippen MR) is 78.1 cm³/mol. The van der Waals surface area contributed by atoms with Crippen molar-refractivity contribution in [1.82, 2.24) is 0 Å². The van der Waals surface area contributed by atoms with Gasteiger partial charge in [0.15, 0.2) is 11.5 Å². The first kappa shape index (κ1) is 15.6. The highest BCUT2D eigenvalue weighted by Gasteiger charge is 2.30. The molecule has 0 aliphatic carbocycles. The summed E-state index contributed by atoms with van der Waals surface area (Å²) in [5, 5.41) is 9.08. The molecule has 5 heteroatoms. The Balaban J connectivity index is 2.31. The Bertz CT molecular complexity index is 503. The molecular weight excluding hydrogens is 272 g/mol. The minimum atomic E-state index is -0.836. The molecular formula is C16H22O5. The zero-order valence-electron chi connectivity index (χ0n) is 12.7. The van der Waals surface area contributed by atoms with Crippen LogP contribution in [0.2, 0.25) is 0 Å². The lowest BCUT2D eigenvalue weighted by atomic mass is 9.81. The number of rotatable bonds is 6. The van der Waals surface area contributed by atoms with Crippen LogP contribution in [-0.4, -0.2) is 37.5 Å². The first-order valence-electron chi connectivity index (χ1n) is 7.07. The number of benzene rings is 1. The van der Waals surface area contributed by atoms with Crippen molar-refractivity contribution in [2.24, 2.45) is 0 Å². The molecule has 5 nitrogen and oxygen atoms in total. The van der Waals surface area contributed by atoms with E-state index < -0.39 is 11.4 Å². The second-order valence-electron chi connectivity index (χ2n) is 5.89. The molecule has 1 aromatic rings. The van der Waals surface area contributed by atoms with Crippen LogP contribution in [0.5, 0.6) is 11.5 Å². The van der Waals surface area contributed by atoms with E-state index in [1.807, 2.05) is 32.0 Å². The molecule has 1 aliphatic rings. The zero-order chi connectivity index (χ0) is 15.5. The number of hydrogen-bond donors (Lipinski definition) is 1. The molecule has 0 bridgehead atoms. The van der Waals surface area contributed by atoms with Gasteiger partial charge in [0.25, 0.3) is 0 Å². The quantitative estimate of drug-likeness (QED) is 0.873. The molecule has 0 spiro atoms. The van der Waals surface area contributed by atoms with E-state index in [1.165, 1.54) is 0 Å². The first-order chi connectivity index (χ1) is 9.94. The summed E-state index contributed by atoms with van der Waals surface area (Å²) in [4.78, 5) is 11.1. The Morgan fingerprint density at radius 1 is 1.48 bits per heavy atom. The fourth-order valence-corrected chi connectivity index (χ4v) is 2.61. The molecule has 2 rings (SSSR count). The molecule has 0 saturated carbocycles. The maximum atomic E-state index is 11.1. The SMILES string of the molecule is COc1c(OC2CCOC2)cccc1C(C)(C)CC(=O)O. The zero-order valence-corrected chi connectivity index (χ0v) is 12.7. The summed E-state index contributed by atoms with van der Waals surface area (Å²) in [6.07, 6.45) is 0.905. The Labute approximate surface area is 124 Å². The van der Waals surface area contributed by atoms with Crippen molar-refractivity contribution in [3.8, 4) is 11.5 Å². The largest absolute Gasteiger partial charge is 0.493 e. The summed E-state index contributed by atoms with van der Waals surface area (Å²) in [5.41, 5.74) is 0.298. The molecule has 1 aromatic carbocycles. The van der Waals surface area contributed by atoms with E-state index in [9.17, 15) is 4.79 Å². The molecule has 1 fully saturated rings. The van der Waals surface area contributed by atoms with E-state index in [0.717, 1.165) is 12.0 Å². The number of para-hydroxylation sites is 1. The van der Waals surface area contributed by atoms with E-state index >= 15 is 0 Å². The van der Waals surface area contributed by atoms with Gasteiger partial charge in [-0.2, -0.15) is 0 Å². The summed E-state index contributed by atoms with van der Waals surface area (Å²) >= 11 is 0. The molecule has 1 heterocycles. The number of carboxylic acids is 1. The molecule has 1 saturated heterocycles. The van der Waals surface area contributed by atoms with E-state index in [2.05, 4.69) is 0 Å². The number of ether oxygens (including phenoxy) is 3. The molecule has 116 valence electrons. The van der Waals surface area contributed by atoms with Crippen LogP contribution in [0, 0.1) is 0 Å². The summed E-state index contributed by atoms with van der Waals surface area (Å²) < 4.78 is 16.7. The van der Waals surface area contributed by atoms with Gasteiger partial charge >= 0.3 is 5.97 Å². The van der Waals surface area contributed by atoms with Crippen molar-refractivity contribution in [3.63, 3.8) is 0 Å². The van der Waals surface area contributed by atoms with Gasteiger partial charge < -0.3 is 19.3 Å². The van der Waals surface area contributed by atoms with Crippen LogP contribution in [0.15, 0.2) is 18.2 Å². The van der Waals surface area contributed by atoms with Crippen molar-refractivity contribution < 1.29 is 24.1 Å². The second kappa shape index (κ2) is 6.35. The molecule has 0 radical (unpaired) electrons. The van der Waals surface area contributed by atoms with Crippen LogP contribution in [0.4, 0.5) is 0 Å². The van der Waals surface area contributed by atoms with Crippen LogP contribution in [0.3, 0.4) is 0 Å². The van der Waals surface area contributed by atoms with Gasteiger partial charge in [0.05, 0.1) is 26.7 Å². The van der Waals surface area contributed by atoms with Crippen molar-refractivity contribution in [1.29, 1.82) is 0 Å². The van der Waals surface area contributed by atoms with Crippen molar-refractivity contribution >= 4 is 5.97 Å². The average Bonchev–Trinajstić information content (AvgIpc) is 2.90. The third kappa shape index (κ3) is 3.67. The highest BCUT2D eigenvalue weighted by Crippen LogP contribution is 2.40. The number of aliphatic carboxylic acids is 1. The number of carboxylic acid groups (broad SMARTS) is 1. The number of hydrogen-bond acceptors (Lipinski definition) is 4. The van der Waals surface area contributed by atoms with Crippen molar-refractivity contribution in [2.45, 2.75) is 38.2 Å². The van der Waals surface area contributed by atoms with Gasteiger partial charge in [0.1, 0.15) is 6.10 Å². The lowest BCUT2D eigenvalue weighted by Crippen LogP contribution is -2.23. The third-order valence-electron chi connectivity index (χ3n) is 3.69. The summed E-state index contributed by atoms with van der Waals surface area (Å²) in [6.45, 7) is 5.06. The van der Waals surface area contributed by atoms with E-state index in [-0.39, 0.29) is 12.5 Å².